The van der Waals surface area contributed by atoms with E-state index in [9.17, 15) is 4.79 Å². The molecule has 0 aromatic heterocycles. The molecular weight excluding hydrogens is 262 g/mol. The van der Waals surface area contributed by atoms with Crippen LogP contribution in [0.4, 0.5) is 5.69 Å². The maximum absolute atomic E-state index is 12.1. The Morgan fingerprint density at radius 2 is 2.00 bits per heavy atom. The number of allylic oxidation sites excluding steroid dienone is 3. The van der Waals surface area contributed by atoms with Crippen molar-refractivity contribution >= 4 is 34.6 Å². The Bertz CT molecular complexity index is 654. The maximum Gasteiger partial charge on any atom is 0.276 e. The van der Waals surface area contributed by atoms with E-state index >= 15 is 0 Å². The number of carbonyl (C=O) groups excluding carboxylic acids is 1. The first-order valence-electron chi connectivity index (χ1n) is 5.83. The van der Waals surface area contributed by atoms with E-state index in [0.29, 0.717) is 22.8 Å². The summed E-state index contributed by atoms with van der Waals surface area (Å²) in [5, 5.41) is 11.4. The predicted octanol–water partition coefficient (Wildman–Crippen LogP) is 2.98. The molecule has 1 N–H and O–H groups in total. The van der Waals surface area contributed by atoms with Crippen LogP contribution in [0.25, 0.3) is 0 Å². The van der Waals surface area contributed by atoms with E-state index < -0.39 is 0 Å². The molecule has 1 amide bonds. The molecule has 1 aromatic carbocycles. The Morgan fingerprint density at radius 3 is 2.79 bits per heavy atom. The van der Waals surface area contributed by atoms with Crippen LogP contribution >= 0.6 is 11.6 Å². The Labute approximate surface area is 115 Å². The lowest BCUT2D eigenvalue weighted by atomic mass is 9.98. The van der Waals surface area contributed by atoms with E-state index in [1.807, 2.05) is 18.2 Å². The highest BCUT2D eigenvalue weighted by molar-refractivity contribution is 6.55. The first-order valence-corrected chi connectivity index (χ1v) is 6.21. The number of anilines is 1. The van der Waals surface area contributed by atoms with Gasteiger partial charge in [-0.25, -0.2) is 0 Å². The number of carbonyl (C=O) groups is 1. The van der Waals surface area contributed by atoms with Crippen molar-refractivity contribution in [2.75, 3.05) is 5.32 Å². The number of amides is 1. The number of nitrogens with one attached hydrogen (secondary N) is 1. The third kappa shape index (κ3) is 2.35. The molecule has 1 heterocycles. The highest BCUT2D eigenvalue weighted by Gasteiger charge is 2.25. The summed E-state index contributed by atoms with van der Waals surface area (Å²) in [7, 11) is 0. The minimum atomic E-state index is -0.261. The minimum Gasteiger partial charge on any atom is -0.321 e. The molecule has 0 saturated heterocycles. The van der Waals surface area contributed by atoms with Crippen molar-refractivity contribution in [3.05, 3.63) is 53.1 Å². The largest absolute Gasteiger partial charge is 0.321 e. The summed E-state index contributed by atoms with van der Waals surface area (Å²) >= 11 is 5.79. The van der Waals surface area contributed by atoms with Crippen molar-refractivity contribution in [1.29, 1.82) is 0 Å². The number of fused-ring (bicyclic) bond motifs is 1. The van der Waals surface area contributed by atoms with Crippen LogP contribution < -0.4 is 5.32 Å². The molecule has 5 heteroatoms. The average molecular weight is 272 g/mol. The molecular formula is C14H10ClN3O. The van der Waals surface area contributed by atoms with Gasteiger partial charge < -0.3 is 5.32 Å². The van der Waals surface area contributed by atoms with Gasteiger partial charge in [0, 0.05) is 22.7 Å². The molecule has 4 nitrogen and oxygen atoms in total. The van der Waals surface area contributed by atoms with Crippen molar-refractivity contribution in [2.45, 2.75) is 6.42 Å². The van der Waals surface area contributed by atoms with E-state index in [-0.39, 0.29) is 5.91 Å². The molecule has 1 aliphatic carbocycles. The smallest absolute Gasteiger partial charge is 0.276 e. The Morgan fingerprint density at radius 1 is 1.21 bits per heavy atom. The summed E-state index contributed by atoms with van der Waals surface area (Å²) in [6, 6.07) is 6.93. The number of nitrogens with zero attached hydrogens (tertiary/aromatic N) is 2. The van der Waals surface area contributed by atoms with E-state index in [2.05, 4.69) is 15.5 Å². The second-order valence-corrected chi connectivity index (χ2v) is 4.61. The lowest BCUT2D eigenvalue weighted by molar-refractivity contribution is -0.110. The SMILES string of the molecule is O=C(Nc1ccc(Cl)cc1)C1=NN=C2CC=CC=C21. The van der Waals surface area contributed by atoms with E-state index in [1.54, 1.807) is 24.3 Å². The summed E-state index contributed by atoms with van der Waals surface area (Å²) in [6.07, 6.45) is 6.46. The topological polar surface area (TPSA) is 53.8 Å². The fraction of sp³-hybridized carbons (Fsp3) is 0.0714. The van der Waals surface area contributed by atoms with Crippen LogP contribution in [-0.4, -0.2) is 17.3 Å². The standard InChI is InChI=1S/C14H10ClN3O/c15-9-5-7-10(8-6-9)16-14(19)13-11-3-1-2-4-12(11)17-18-13/h1-3,5-8H,4H2,(H,16,19). The third-order valence-electron chi connectivity index (χ3n) is 2.86. The normalized spacial score (nSPS) is 16.4. The molecule has 0 saturated carbocycles. The van der Waals surface area contributed by atoms with Crippen LogP contribution in [0.3, 0.4) is 0 Å². The number of benzene rings is 1. The molecule has 0 bridgehead atoms. The minimum absolute atomic E-state index is 0.261. The number of hydrogen-bond donors (Lipinski definition) is 1. The molecule has 94 valence electrons. The molecule has 1 aromatic rings. The van der Waals surface area contributed by atoms with Crippen LogP contribution in [0.5, 0.6) is 0 Å². The predicted molar refractivity (Wildman–Crippen MR) is 76.8 cm³/mol. The van der Waals surface area contributed by atoms with Crippen LogP contribution in [0.1, 0.15) is 6.42 Å². The molecule has 19 heavy (non-hydrogen) atoms. The summed E-state index contributed by atoms with van der Waals surface area (Å²) in [5.41, 5.74) is 2.67. The van der Waals surface area contributed by atoms with Gasteiger partial charge in [-0.2, -0.15) is 5.10 Å². The van der Waals surface area contributed by atoms with Crippen LogP contribution in [-0.2, 0) is 4.79 Å². The molecule has 2 aliphatic rings. The van der Waals surface area contributed by atoms with Crippen LogP contribution in [0.15, 0.2) is 58.3 Å². The highest BCUT2D eigenvalue weighted by Crippen LogP contribution is 2.19. The van der Waals surface area contributed by atoms with Gasteiger partial charge in [-0.1, -0.05) is 29.8 Å². The Hall–Kier alpha value is -2.20. The second-order valence-electron chi connectivity index (χ2n) is 4.17. The van der Waals surface area contributed by atoms with E-state index in [4.69, 9.17) is 11.6 Å². The molecule has 0 atom stereocenters. The van der Waals surface area contributed by atoms with E-state index in [1.165, 1.54) is 0 Å². The second kappa shape index (κ2) is 4.82. The quantitative estimate of drug-likeness (QED) is 0.883. The highest BCUT2D eigenvalue weighted by atomic mass is 35.5. The third-order valence-corrected chi connectivity index (χ3v) is 3.12. The molecule has 0 unspecified atom stereocenters. The van der Waals surface area contributed by atoms with Crippen molar-refractivity contribution < 1.29 is 4.79 Å². The fourth-order valence-electron chi connectivity index (χ4n) is 1.92. The van der Waals surface area contributed by atoms with Gasteiger partial charge in [0.2, 0.25) is 0 Å². The first-order chi connectivity index (χ1) is 9.24. The fourth-order valence-corrected chi connectivity index (χ4v) is 2.04. The average Bonchev–Trinajstić information content (AvgIpc) is 2.85. The number of halogens is 1. The molecule has 0 spiro atoms. The Balaban J connectivity index is 1.77. The van der Waals surface area contributed by atoms with Crippen LogP contribution in [0.2, 0.25) is 5.02 Å². The first kappa shape index (κ1) is 11.9. The molecule has 1 aliphatic heterocycles. The summed E-state index contributed by atoms with van der Waals surface area (Å²) < 4.78 is 0. The van der Waals surface area contributed by atoms with Gasteiger partial charge in [0.15, 0.2) is 5.71 Å². The Kier molecular flexibility index (Phi) is 3.01. The maximum atomic E-state index is 12.1. The number of hydrogen-bond acceptors (Lipinski definition) is 3. The molecule has 0 fully saturated rings. The molecule has 3 rings (SSSR count). The van der Waals surface area contributed by atoms with Crippen molar-refractivity contribution in [3.63, 3.8) is 0 Å². The van der Waals surface area contributed by atoms with Gasteiger partial charge in [0.05, 0.1) is 5.71 Å². The number of rotatable bonds is 2. The summed E-state index contributed by atoms with van der Waals surface area (Å²) in [6.45, 7) is 0. The summed E-state index contributed by atoms with van der Waals surface area (Å²) in [5.74, 6) is -0.261. The zero-order valence-electron chi connectivity index (χ0n) is 9.93. The van der Waals surface area contributed by atoms with Gasteiger partial charge in [0.1, 0.15) is 0 Å². The monoisotopic (exact) mass is 271 g/mol. The van der Waals surface area contributed by atoms with Gasteiger partial charge in [-0.15, -0.1) is 5.10 Å². The van der Waals surface area contributed by atoms with E-state index in [0.717, 1.165) is 11.3 Å². The van der Waals surface area contributed by atoms with Crippen LogP contribution in [0, 0.1) is 0 Å². The van der Waals surface area contributed by atoms with Crippen molar-refractivity contribution in [2.24, 2.45) is 10.2 Å². The van der Waals surface area contributed by atoms with Gasteiger partial charge in [0.25, 0.3) is 5.91 Å². The summed E-state index contributed by atoms with van der Waals surface area (Å²) in [4.78, 5) is 12.1. The zero-order chi connectivity index (χ0) is 13.2. The van der Waals surface area contributed by atoms with Gasteiger partial charge >= 0.3 is 0 Å². The van der Waals surface area contributed by atoms with Gasteiger partial charge in [-0.05, 0) is 24.3 Å². The van der Waals surface area contributed by atoms with Gasteiger partial charge in [-0.3, -0.25) is 4.79 Å². The molecule has 0 radical (unpaired) electrons. The zero-order valence-corrected chi connectivity index (χ0v) is 10.7. The lowest BCUT2D eigenvalue weighted by Crippen LogP contribution is -2.25. The van der Waals surface area contributed by atoms with Crippen molar-refractivity contribution in [3.8, 4) is 0 Å². The van der Waals surface area contributed by atoms with Crippen molar-refractivity contribution in [1.82, 2.24) is 0 Å². The lowest BCUT2D eigenvalue weighted by Gasteiger charge is -2.08.